The molecule has 4 aromatic rings. The molecular weight excluding hydrogens is 456 g/mol. The summed E-state index contributed by atoms with van der Waals surface area (Å²) in [5, 5.41) is 9.81. The second kappa shape index (κ2) is 10.1. The van der Waals surface area contributed by atoms with Crippen LogP contribution in [0.4, 0.5) is 0 Å². The lowest BCUT2D eigenvalue weighted by atomic mass is 9.96. The third kappa shape index (κ3) is 4.45. The maximum atomic E-state index is 13.8. The van der Waals surface area contributed by atoms with Crippen molar-refractivity contribution in [2.24, 2.45) is 0 Å². The van der Waals surface area contributed by atoms with Crippen LogP contribution < -0.4 is 0 Å². The van der Waals surface area contributed by atoms with Gasteiger partial charge in [-0.2, -0.15) is 5.26 Å². The normalized spacial score (nSPS) is 15.5. The quantitative estimate of drug-likeness (QED) is 0.380. The van der Waals surface area contributed by atoms with Crippen LogP contribution >= 0.6 is 0 Å². The Hall–Kier alpha value is -4.14. The molecule has 1 aliphatic carbocycles. The average Bonchev–Trinajstić information content (AvgIpc) is 3.61. The standard InChI is InChI=1S/C32H30N4O/c33-23-28-16-17-36(29-15-14-24-12-7-13-27(24)22-29)31(28)32(37)35-20-18-34(19-21-35)30(25-8-3-1-4-9-25)26-10-5-2-6-11-26/h1-6,8-11,14-17,22,30H,7,12-13,18-21H2. The fourth-order valence-corrected chi connectivity index (χ4v) is 5.88. The number of aromatic nitrogens is 1. The second-order valence-corrected chi connectivity index (χ2v) is 9.92. The number of aryl methyl sites for hydroxylation is 2. The Balaban J connectivity index is 1.24. The smallest absolute Gasteiger partial charge is 0.272 e. The van der Waals surface area contributed by atoms with Gasteiger partial charge in [0.1, 0.15) is 11.8 Å². The Kier molecular flexibility index (Phi) is 6.34. The summed E-state index contributed by atoms with van der Waals surface area (Å²) < 4.78 is 1.91. The van der Waals surface area contributed by atoms with Crippen LogP contribution in [0.5, 0.6) is 0 Å². The molecule has 2 aliphatic rings. The molecule has 0 radical (unpaired) electrons. The number of hydrogen-bond donors (Lipinski definition) is 0. The van der Waals surface area contributed by atoms with Crippen LogP contribution in [-0.4, -0.2) is 46.5 Å². The van der Waals surface area contributed by atoms with Crippen molar-refractivity contribution in [3.8, 4) is 11.8 Å². The van der Waals surface area contributed by atoms with E-state index in [1.807, 2.05) is 27.8 Å². The van der Waals surface area contributed by atoms with Crippen LogP contribution in [0.3, 0.4) is 0 Å². The summed E-state index contributed by atoms with van der Waals surface area (Å²) in [6.45, 7) is 2.77. The van der Waals surface area contributed by atoms with Crippen LogP contribution in [-0.2, 0) is 12.8 Å². The molecule has 1 aromatic heterocycles. The van der Waals surface area contributed by atoms with E-state index in [-0.39, 0.29) is 11.9 Å². The van der Waals surface area contributed by atoms with Gasteiger partial charge in [0.15, 0.2) is 0 Å². The molecule has 6 rings (SSSR count). The van der Waals surface area contributed by atoms with Crippen LogP contribution in [0.2, 0.25) is 0 Å². The van der Waals surface area contributed by atoms with E-state index in [0.717, 1.165) is 31.6 Å². The number of fused-ring (bicyclic) bond motifs is 1. The minimum absolute atomic E-state index is 0.0716. The number of rotatable bonds is 5. The summed E-state index contributed by atoms with van der Waals surface area (Å²) in [7, 11) is 0. The van der Waals surface area contributed by atoms with Gasteiger partial charge in [-0.05, 0) is 59.7 Å². The van der Waals surface area contributed by atoms with E-state index in [9.17, 15) is 10.1 Å². The van der Waals surface area contributed by atoms with Crippen LogP contribution in [0.1, 0.15) is 50.8 Å². The number of nitrogens with zero attached hydrogens (tertiary/aromatic N) is 4. The van der Waals surface area contributed by atoms with E-state index in [4.69, 9.17) is 0 Å². The molecule has 5 heteroatoms. The summed E-state index contributed by atoms with van der Waals surface area (Å²) in [5.74, 6) is -0.0716. The summed E-state index contributed by atoms with van der Waals surface area (Å²) in [6, 6.07) is 31.7. The van der Waals surface area contributed by atoms with Gasteiger partial charge in [0.2, 0.25) is 0 Å². The summed E-state index contributed by atoms with van der Waals surface area (Å²) in [6.07, 6.45) is 5.23. The number of carbonyl (C=O) groups is 1. The molecule has 2 heterocycles. The van der Waals surface area contributed by atoms with Crippen molar-refractivity contribution in [1.29, 1.82) is 5.26 Å². The number of nitriles is 1. The zero-order chi connectivity index (χ0) is 25.2. The third-order valence-corrected chi connectivity index (χ3v) is 7.77. The SMILES string of the molecule is N#Cc1ccn(-c2ccc3c(c2)CCC3)c1C(=O)N1CCN(C(c2ccccc2)c2ccccc2)CC1. The Morgan fingerprint density at radius 1 is 0.784 bits per heavy atom. The molecule has 0 saturated carbocycles. The fraction of sp³-hybridized carbons (Fsp3) is 0.250. The first-order valence-electron chi connectivity index (χ1n) is 13.1. The van der Waals surface area contributed by atoms with Crippen molar-refractivity contribution >= 4 is 5.91 Å². The fourth-order valence-electron chi connectivity index (χ4n) is 5.88. The van der Waals surface area contributed by atoms with Gasteiger partial charge < -0.3 is 9.47 Å². The highest BCUT2D eigenvalue weighted by molar-refractivity contribution is 5.96. The molecule has 1 aliphatic heterocycles. The molecule has 1 amide bonds. The molecular formula is C32H30N4O. The molecule has 0 atom stereocenters. The van der Waals surface area contributed by atoms with Gasteiger partial charge in [-0.25, -0.2) is 0 Å². The first-order valence-corrected chi connectivity index (χ1v) is 13.1. The maximum Gasteiger partial charge on any atom is 0.272 e. The van der Waals surface area contributed by atoms with Gasteiger partial charge >= 0.3 is 0 Å². The number of piperazine rings is 1. The average molecular weight is 487 g/mol. The van der Waals surface area contributed by atoms with E-state index in [1.165, 1.54) is 28.7 Å². The minimum Gasteiger partial charge on any atom is -0.335 e. The van der Waals surface area contributed by atoms with Gasteiger partial charge in [0, 0.05) is 38.1 Å². The zero-order valence-electron chi connectivity index (χ0n) is 20.9. The van der Waals surface area contributed by atoms with Crippen LogP contribution in [0, 0.1) is 11.3 Å². The molecule has 3 aromatic carbocycles. The van der Waals surface area contributed by atoms with Crippen molar-refractivity contribution < 1.29 is 4.79 Å². The highest BCUT2D eigenvalue weighted by Crippen LogP contribution is 2.30. The maximum absolute atomic E-state index is 13.8. The van der Waals surface area contributed by atoms with E-state index >= 15 is 0 Å². The van der Waals surface area contributed by atoms with Crippen molar-refractivity contribution in [3.63, 3.8) is 0 Å². The second-order valence-electron chi connectivity index (χ2n) is 9.92. The van der Waals surface area contributed by atoms with Gasteiger partial charge in [0.05, 0.1) is 11.6 Å². The van der Waals surface area contributed by atoms with Gasteiger partial charge in [-0.3, -0.25) is 9.69 Å². The molecule has 184 valence electrons. The van der Waals surface area contributed by atoms with Crippen LogP contribution in [0.15, 0.2) is 91.1 Å². The first-order chi connectivity index (χ1) is 18.2. The molecule has 37 heavy (non-hydrogen) atoms. The Morgan fingerprint density at radius 3 is 2.08 bits per heavy atom. The minimum atomic E-state index is -0.0716. The van der Waals surface area contributed by atoms with E-state index < -0.39 is 0 Å². The predicted molar refractivity (Wildman–Crippen MR) is 145 cm³/mol. The highest BCUT2D eigenvalue weighted by atomic mass is 16.2. The van der Waals surface area contributed by atoms with Crippen molar-refractivity contribution in [1.82, 2.24) is 14.4 Å². The van der Waals surface area contributed by atoms with E-state index in [1.54, 1.807) is 6.07 Å². The van der Waals surface area contributed by atoms with Gasteiger partial charge in [0.25, 0.3) is 5.91 Å². The van der Waals surface area contributed by atoms with Crippen molar-refractivity contribution in [3.05, 3.63) is 125 Å². The largest absolute Gasteiger partial charge is 0.335 e. The molecule has 5 nitrogen and oxygen atoms in total. The lowest BCUT2D eigenvalue weighted by Crippen LogP contribution is -2.50. The van der Waals surface area contributed by atoms with Crippen molar-refractivity contribution in [2.75, 3.05) is 26.2 Å². The molecule has 1 fully saturated rings. The monoisotopic (exact) mass is 486 g/mol. The number of benzene rings is 3. The molecule has 0 N–H and O–H groups in total. The number of amides is 1. The third-order valence-electron chi connectivity index (χ3n) is 7.77. The topological polar surface area (TPSA) is 52.3 Å². The summed E-state index contributed by atoms with van der Waals surface area (Å²) in [5.41, 5.74) is 7.11. The first kappa shape index (κ1) is 23.3. The molecule has 0 bridgehead atoms. The molecule has 1 saturated heterocycles. The van der Waals surface area contributed by atoms with Crippen LogP contribution in [0.25, 0.3) is 5.69 Å². The molecule has 0 unspecified atom stereocenters. The number of carbonyl (C=O) groups excluding carboxylic acids is 1. The Labute approximate surface area is 218 Å². The van der Waals surface area contributed by atoms with Gasteiger partial charge in [-0.1, -0.05) is 66.7 Å². The Morgan fingerprint density at radius 2 is 1.43 bits per heavy atom. The summed E-state index contributed by atoms with van der Waals surface area (Å²) >= 11 is 0. The van der Waals surface area contributed by atoms with Gasteiger partial charge in [-0.15, -0.1) is 0 Å². The highest BCUT2D eigenvalue weighted by Gasteiger charge is 2.31. The lowest BCUT2D eigenvalue weighted by molar-refractivity contribution is 0.0589. The lowest BCUT2D eigenvalue weighted by Gasteiger charge is -2.40. The molecule has 0 spiro atoms. The Bertz CT molecular complexity index is 1400. The summed E-state index contributed by atoms with van der Waals surface area (Å²) in [4.78, 5) is 18.2. The zero-order valence-corrected chi connectivity index (χ0v) is 20.9. The number of hydrogen-bond acceptors (Lipinski definition) is 3. The van der Waals surface area contributed by atoms with Crippen molar-refractivity contribution in [2.45, 2.75) is 25.3 Å². The predicted octanol–water partition coefficient (Wildman–Crippen LogP) is 5.39. The van der Waals surface area contributed by atoms with E-state index in [2.05, 4.69) is 77.7 Å². The van der Waals surface area contributed by atoms with E-state index in [0.29, 0.717) is 24.3 Å².